The van der Waals surface area contributed by atoms with Crippen molar-refractivity contribution in [2.24, 2.45) is 5.73 Å². The maximum absolute atomic E-state index is 7.32. The fourth-order valence-corrected chi connectivity index (χ4v) is 3.88. The van der Waals surface area contributed by atoms with Gasteiger partial charge in [0.2, 0.25) is 0 Å². The Balaban J connectivity index is 0.000000517. The van der Waals surface area contributed by atoms with Gasteiger partial charge in [0, 0.05) is 23.8 Å². The molecule has 0 spiro atoms. The number of nitrogens with one attached hydrogen (secondary N) is 2. The van der Waals surface area contributed by atoms with Crippen molar-refractivity contribution in [1.29, 1.82) is 5.41 Å². The molecule has 0 amide bonds. The molecule has 3 heteroatoms. The summed E-state index contributed by atoms with van der Waals surface area (Å²) in [7, 11) is 0. The van der Waals surface area contributed by atoms with Crippen LogP contribution in [0.1, 0.15) is 44.4 Å². The van der Waals surface area contributed by atoms with E-state index in [-0.39, 0.29) is 0 Å². The topological polar surface area (TPSA) is 61.9 Å². The number of hydrogen-bond donors (Lipinski definition) is 3. The first-order valence-electron chi connectivity index (χ1n) is 14.2. The van der Waals surface area contributed by atoms with Gasteiger partial charge in [0.15, 0.2) is 0 Å². The standard InChI is InChI=1S/C26H32N2.C14H15N/c1-7-13-23(24(19-27)14-8-2)17-22(9-3)18-26(21(6)20(4)5)28-25-15-11-10-12-16-25;1-4-6-14(10-15)13-8-7-11(3)12(5-2)9-13/h7-19,28H,3-4,27H2,1-2,5-6H3;4-10,15H,1-2H2,3H3/b13-7-,14-8-,22-18+,23-17+,24-19+,26-21-;14-6+,15-10?. The van der Waals surface area contributed by atoms with Crippen molar-refractivity contribution in [3.8, 4) is 0 Å². The molecule has 0 aliphatic heterocycles. The largest absolute Gasteiger partial charge is 0.404 e. The minimum atomic E-state index is 0.855. The van der Waals surface area contributed by atoms with Gasteiger partial charge in [0.05, 0.1) is 0 Å². The summed E-state index contributed by atoms with van der Waals surface area (Å²) < 4.78 is 0. The quantitative estimate of drug-likeness (QED) is 0.166. The van der Waals surface area contributed by atoms with Gasteiger partial charge in [-0.3, -0.25) is 0 Å². The van der Waals surface area contributed by atoms with Gasteiger partial charge in [0.1, 0.15) is 0 Å². The van der Waals surface area contributed by atoms with Crippen molar-refractivity contribution in [1.82, 2.24) is 0 Å². The fraction of sp³-hybridized carbons (Fsp3) is 0.125. The molecule has 0 saturated heterocycles. The van der Waals surface area contributed by atoms with Gasteiger partial charge in [-0.1, -0.05) is 111 Å². The molecule has 0 bridgehead atoms. The number of hydrogen-bond acceptors (Lipinski definition) is 3. The van der Waals surface area contributed by atoms with Crippen LogP contribution < -0.4 is 11.1 Å². The van der Waals surface area contributed by atoms with E-state index in [2.05, 4.69) is 50.7 Å². The molecular weight excluding hydrogens is 522 g/mol. The SMILES string of the molecule is C=C/C=C(\C=N)c1ccc(C)c(C=C)c1.C=CC(=C\C(Nc1ccccc1)=C(/C)C(=C)C)/C=C(\C=C/C)C(/C=C\C)=C/N. The van der Waals surface area contributed by atoms with E-state index in [9.17, 15) is 0 Å². The highest BCUT2D eigenvalue weighted by atomic mass is 14.9. The molecule has 0 radical (unpaired) electrons. The van der Waals surface area contributed by atoms with Gasteiger partial charge < -0.3 is 16.5 Å². The maximum Gasteiger partial charge on any atom is 0.0422 e. The Labute approximate surface area is 260 Å². The van der Waals surface area contributed by atoms with Crippen LogP contribution >= 0.6 is 0 Å². The zero-order valence-electron chi connectivity index (χ0n) is 26.5. The zero-order valence-corrected chi connectivity index (χ0v) is 26.5. The Kier molecular flexibility index (Phi) is 16.6. The molecule has 0 atom stereocenters. The van der Waals surface area contributed by atoms with Crippen molar-refractivity contribution in [2.45, 2.75) is 34.6 Å². The molecule has 0 aliphatic rings. The lowest BCUT2D eigenvalue weighted by atomic mass is 10.00. The summed E-state index contributed by atoms with van der Waals surface area (Å²) in [5, 5.41) is 10.8. The summed E-state index contributed by atoms with van der Waals surface area (Å²) in [4.78, 5) is 0. The van der Waals surface area contributed by atoms with E-state index in [0.29, 0.717) is 0 Å². The summed E-state index contributed by atoms with van der Waals surface area (Å²) in [6, 6.07) is 16.2. The van der Waals surface area contributed by atoms with Gasteiger partial charge in [-0.15, -0.1) is 0 Å². The van der Waals surface area contributed by atoms with E-state index >= 15 is 0 Å². The molecule has 0 unspecified atom stereocenters. The van der Waals surface area contributed by atoms with Crippen LogP contribution in [0.2, 0.25) is 0 Å². The van der Waals surface area contributed by atoms with E-state index in [1.165, 1.54) is 11.8 Å². The summed E-state index contributed by atoms with van der Waals surface area (Å²) >= 11 is 0. The molecule has 2 aromatic carbocycles. The van der Waals surface area contributed by atoms with E-state index in [4.69, 9.17) is 11.1 Å². The maximum atomic E-state index is 7.32. The lowest BCUT2D eigenvalue weighted by Crippen LogP contribution is -2.02. The zero-order chi connectivity index (χ0) is 32.2. The molecule has 2 aromatic rings. The molecule has 0 fully saturated rings. The van der Waals surface area contributed by atoms with Gasteiger partial charge in [-0.05, 0) is 110 Å². The second-order valence-corrected chi connectivity index (χ2v) is 9.66. The average molecular weight is 570 g/mol. The number of anilines is 1. The molecule has 0 aromatic heterocycles. The Morgan fingerprint density at radius 3 is 2.07 bits per heavy atom. The van der Waals surface area contributed by atoms with Gasteiger partial charge in [0.25, 0.3) is 0 Å². The van der Waals surface area contributed by atoms with E-state index in [1.807, 2.05) is 119 Å². The first-order chi connectivity index (χ1) is 20.7. The van der Waals surface area contributed by atoms with Crippen molar-refractivity contribution in [2.75, 3.05) is 5.32 Å². The lowest BCUT2D eigenvalue weighted by molar-refractivity contribution is 1.28. The van der Waals surface area contributed by atoms with Crippen molar-refractivity contribution < 1.29 is 0 Å². The van der Waals surface area contributed by atoms with Crippen LogP contribution in [0.25, 0.3) is 11.6 Å². The average Bonchev–Trinajstić information content (AvgIpc) is 3.02. The second kappa shape index (κ2) is 19.8. The number of para-hydroxylation sites is 1. The lowest BCUT2D eigenvalue weighted by Gasteiger charge is -2.13. The number of allylic oxidation sites excluding steroid dienone is 15. The molecule has 222 valence electrons. The predicted molar refractivity (Wildman–Crippen MR) is 194 cm³/mol. The van der Waals surface area contributed by atoms with Gasteiger partial charge in [-0.2, -0.15) is 0 Å². The van der Waals surface area contributed by atoms with Crippen molar-refractivity contribution >= 4 is 23.6 Å². The molecule has 4 N–H and O–H groups in total. The van der Waals surface area contributed by atoms with E-state index in [0.717, 1.165) is 55.9 Å². The molecule has 0 saturated carbocycles. The molecular formula is C40H47N3. The molecule has 2 rings (SSSR count). The van der Waals surface area contributed by atoms with Crippen LogP contribution in [0, 0.1) is 12.3 Å². The third kappa shape index (κ3) is 12.1. The minimum absolute atomic E-state index is 0.855. The van der Waals surface area contributed by atoms with E-state index in [1.54, 1.807) is 12.3 Å². The van der Waals surface area contributed by atoms with Crippen LogP contribution in [-0.4, -0.2) is 6.21 Å². The Hall–Kier alpha value is -5.15. The number of aryl methyl sites for hydroxylation is 1. The Bertz CT molecular complexity index is 1500. The van der Waals surface area contributed by atoms with E-state index < -0.39 is 0 Å². The van der Waals surface area contributed by atoms with Crippen LogP contribution in [0.4, 0.5) is 5.69 Å². The smallest absolute Gasteiger partial charge is 0.0422 e. The highest BCUT2D eigenvalue weighted by Gasteiger charge is 2.05. The first-order valence-corrected chi connectivity index (χ1v) is 14.2. The highest BCUT2D eigenvalue weighted by molar-refractivity contribution is 6.08. The number of benzene rings is 2. The van der Waals surface area contributed by atoms with Crippen LogP contribution in [0.3, 0.4) is 0 Å². The van der Waals surface area contributed by atoms with Crippen molar-refractivity contribution in [3.63, 3.8) is 0 Å². The predicted octanol–water partition coefficient (Wildman–Crippen LogP) is 10.8. The second-order valence-electron chi connectivity index (χ2n) is 9.66. The summed E-state index contributed by atoms with van der Waals surface area (Å²) in [6.45, 7) is 25.6. The fourth-order valence-electron chi connectivity index (χ4n) is 3.88. The number of nitrogens with two attached hydrogens (primary N) is 1. The Morgan fingerprint density at radius 1 is 0.907 bits per heavy atom. The highest BCUT2D eigenvalue weighted by Crippen LogP contribution is 2.22. The third-order valence-electron chi connectivity index (χ3n) is 6.46. The van der Waals surface area contributed by atoms with Gasteiger partial charge in [-0.25, -0.2) is 0 Å². The van der Waals surface area contributed by atoms with Crippen LogP contribution in [-0.2, 0) is 0 Å². The molecule has 3 nitrogen and oxygen atoms in total. The van der Waals surface area contributed by atoms with Crippen LogP contribution in [0.15, 0.2) is 169 Å². The number of rotatable bonds is 13. The summed E-state index contributed by atoms with van der Waals surface area (Å²) in [5.41, 5.74) is 17.0. The van der Waals surface area contributed by atoms with Crippen LogP contribution in [0.5, 0.6) is 0 Å². The minimum Gasteiger partial charge on any atom is -0.404 e. The summed E-state index contributed by atoms with van der Waals surface area (Å²) in [5.74, 6) is 0. The summed E-state index contributed by atoms with van der Waals surface area (Å²) in [6.07, 6.45) is 22.3. The normalized spacial score (nSPS) is 13.1. The molecule has 0 aliphatic carbocycles. The molecule has 0 heterocycles. The van der Waals surface area contributed by atoms with Crippen molar-refractivity contribution in [3.05, 3.63) is 186 Å². The molecule has 43 heavy (non-hydrogen) atoms. The van der Waals surface area contributed by atoms with Gasteiger partial charge >= 0.3 is 0 Å². The first kappa shape index (κ1) is 35.9. The Morgan fingerprint density at radius 2 is 1.56 bits per heavy atom. The third-order valence-corrected chi connectivity index (χ3v) is 6.46. The monoisotopic (exact) mass is 569 g/mol.